The quantitative estimate of drug-likeness (QED) is 0.657. The molecule has 2 unspecified atom stereocenters. The molecular weight excluding hydrogens is 195 g/mol. The first kappa shape index (κ1) is 8.89. The molecule has 0 N–H and O–H groups in total. The molecule has 2 aliphatic rings. The zero-order valence-electron chi connectivity index (χ0n) is 8.20. The molecule has 0 radical (unpaired) electrons. The fourth-order valence-electron chi connectivity index (χ4n) is 2.59. The summed E-state index contributed by atoms with van der Waals surface area (Å²) in [6.45, 7) is 0.514. The second-order valence-corrected chi connectivity index (χ2v) is 4.31. The van der Waals surface area contributed by atoms with E-state index in [1.54, 1.807) is 6.07 Å². The van der Waals surface area contributed by atoms with E-state index in [2.05, 4.69) is 0 Å². The van der Waals surface area contributed by atoms with Crippen molar-refractivity contribution in [2.24, 2.45) is 5.92 Å². The fourth-order valence-corrected chi connectivity index (χ4v) is 2.59. The summed E-state index contributed by atoms with van der Waals surface area (Å²) < 4.78 is 18.2. The second kappa shape index (κ2) is 2.81. The van der Waals surface area contributed by atoms with E-state index in [1.807, 2.05) is 6.07 Å². The number of cyclic esters (lactones) is 1. The molecule has 0 amide bonds. The Balaban J connectivity index is 2.03. The average Bonchev–Trinajstić information content (AvgIpc) is 2.95. The summed E-state index contributed by atoms with van der Waals surface area (Å²) in [6, 6.07) is 6.31. The maximum absolute atomic E-state index is 13.1. The van der Waals surface area contributed by atoms with Crippen molar-refractivity contribution in [1.82, 2.24) is 0 Å². The van der Waals surface area contributed by atoms with Gasteiger partial charge in [0, 0.05) is 0 Å². The van der Waals surface area contributed by atoms with Gasteiger partial charge in [0.1, 0.15) is 5.82 Å². The van der Waals surface area contributed by atoms with Gasteiger partial charge in [0.2, 0.25) is 0 Å². The summed E-state index contributed by atoms with van der Waals surface area (Å²) in [6.07, 6.45) is 1.72. The smallest absolute Gasteiger partial charge is 0.316 e. The lowest BCUT2D eigenvalue weighted by Crippen LogP contribution is -2.30. The molecule has 78 valence electrons. The van der Waals surface area contributed by atoms with E-state index in [9.17, 15) is 9.18 Å². The molecule has 15 heavy (non-hydrogen) atoms. The van der Waals surface area contributed by atoms with Crippen LogP contribution in [0.15, 0.2) is 24.3 Å². The van der Waals surface area contributed by atoms with Gasteiger partial charge < -0.3 is 4.74 Å². The number of benzene rings is 1. The van der Waals surface area contributed by atoms with Crippen molar-refractivity contribution in [1.29, 1.82) is 0 Å². The lowest BCUT2D eigenvalue weighted by Gasteiger charge is -2.21. The van der Waals surface area contributed by atoms with Crippen molar-refractivity contribution in [2.45, 2.75) is 18.3 Å². The first-order valence-corrected chi connectivity index (χ1v) is 5.17. The molecular formula is C12H11FO2. The summed E-state index contributed by atoms with van der Waals surface area (Å²) in [5.74, 6) is -0.101. The summed E-state index contributed by atoms with van der Waals surface area (Å²) in [7, 11) is 0. The van der Waals surface area contributed by atoms with E-state index in [0.29, 0.717) is 12.5 Å². The molecule has 3 heteroatoms. The Labute approximate surface area is 87.0 Å². The van der Waals surface area contributed by atoms with Crippen LogP contribution < -0.4 is 0 Å². The maximum atomic E-state index is 13.1. The predicted octanol–water partition coefficient (Wildman–Crippen LogP) is 2.03. The van der Waals surface area contributed by atoms with Crippen LogP contribution in [0.2, 0.25) is 0 Å². The highest BCUT2D eigenvalue weighted by Crippen LogP contribution is 2.58. The van der Waals surface area contributed by atoms with Crippen molar-refractivity contribution in [3.05, 3.63) is 35.6 Å². The summed E-state index contributed by atoms with van der Waals surface area (Å²) in [5.41, 5.74) is 0.262. The van der Waals surface area contributed by atoms with Crippen LogP contribution in [-0.4, -0.2) is 12.6 Å². The van der Waals surface area contributed by atoms with Gasteiger partial charge in [-0.05, 0) is 36.5 Å². The van der Waals surface area contributed by atoms with E-state index < -0.39 is 5.41 Å². The maximum Gasteiger partial charge on any atom is 0.316 e. The highest BCUT2D eigenvalue weighted by atomic mass is 19.1. The van der Waals surface area contributed by atoms with E-state index in [-0.39, 0.29) is 11.8 Å². The SMILES string of the molecule is O=C1OCCC2CC12c1cccc(F)c1. The number of hydrogen-bond donors (Lipinski definition) is 0. The van der Waals surface area contributed by atoms with E-state index in [0.717, 1.165) is 18.4 Å². The van der Waals surface area contributed by atoms with Crippen LogP contribution in [0.5, 0.6) is 0 Å². The molecule has 1 aliphatic heterocycles. The van der Waals surface area contributed by atoms with Crippen LogP contribution in [0.25, 0.3) is 0 Å². The third-order valence-electron chi connectivity index (χ3n) is 3.51. The number of carbonyl (C=O) groups is 1. The lowest BCUT2D eigenvalue weighted by atomic mass is 9.91. The fraction of sp³-hybridized carbons (Fsp3) is 0.417. The molecule has 2 fully saturated rings. The molecule has 1 aliphatic carbocycles. The Morgan fingerprint density at radius 1 is 1.47 bits per heavy atom. The van der Waals surface area contributed by atoms with Gasteiger partial charge in [-0.1, -0.05) is 12.1 Å². The Kier molecular flexibility index (Phi) is 1.67. The number of fused-ring (bicyclic) bond motifs is 1. The van der Waals surface area contributed by atoms with Crippen molar-refractivity contribution < 1.29 is 13.9 Å². The van der Waals surface area contributed by atoms with Gasteiger partial charge in [-0.15, -0.1) is 0 Å². The minimum absolute atomic E-state index is 0.177. The van der Waals surface area contributed by atoms with Crippen molar-refractivity contribution >= 4 is 5.97 Å². The number of ether oxygens (including phenoxy) is 1. The summed E-state index contributed by atoms with van der Waals surface area (Å²) in [4.78, 5) is 11.7. The minimum atomic E-state index is -0.514. The first-order valence-electron chi connectivity index (χ1n) is 5.17. The zero-order valence-corrected chi connectivity index (χ0v) is 8.20. The Hall–Kier alpha value is -1.38. The van der Waals surface area contributed by atoms with Gasteiger partial charge in [-0.25, -0.2) is 4.39 Å². The van der Waals surface area contributed by atoms with Crippen molar-refractivity contribution in [3.8, 4) is 0 Å². The van der Waals surface area contributed by atoms with Gasteiger partial charge in [-0.3, -0.25) is 4.79 Å². The van der Waals surface area contributed by atoms with E-state index in [1.165, 1.54) is 12.1 Å². The Morgan fingerprint density at radius 2 is 2.33 bits per heavy atom. The Morgan fingerprint density at radius 3 is 3.07 bits per heavy atom. The third-order valence-corrected chi connectivity index (χ3v) is 3.51. The summed E-state index contributed by atoms with van der Waals surface area (Å²) in [5, 5.41) is 0. The molecule has 1 aromatic rings. The number of carbonyl (C=O) groups excluding carboxylic acids is 1. The second-order valence-electron chi connectivity index (χ2n) is 4.31. The molecule has 0 bridgehead atoms. The van der Waals surface area contributed by atoms with Gasteiger partial charge in [0.05, 0.1) is 12.0 Å². The third kappa shape index (κ3) is 1.12. The van der Waals surface area contributed by atoms with Crippen LogP contribution >= 0.6 is 0 Å². The largest absolute Gasteiger partial charge is 0.465 e. The molecule has 1 aromatic carbocycles. The molecule has 2 atom stereocenters. The minimum Gasteiger partial charge on any atom is -0.465 e. The highest BCUT2D eigenvalue weighted by molar-refractivity contribution is 5.88. The van der Waals surface area contributed by atoms with Crippen molar-refractivity contribution in [2.75, 3.05) is 6.61 Å². The topological polar surface area (TPSA) is 26.3 Å². The Bertz CT molecular complexity index is 429. The van der Waals surface area contributed by atoms with Crippen molar-refractivity contribution in [3.63, 3.8) is 0 Å². The number of hydrogen-bond acceptors (Lipinski definition) is 2. The van der Waals surface area contributed by atoms with E-state index in [4.69, 9.17) is 4.74 Å². The predicted molar refractivity (Wildman–Crippen MR) is 51.8 cm³/mol. The standard InChI is InChI=1S/C12H11FO2/c13-10-3-1-2-8(6-10)12-7-9(12)4-5-15-11(12)14/h1-3,6,9H,4-5,7H2. The molecule has 0 aromatic heterocycles. The lowest BCUT2D eigenvalue weighted by molar-refractivity contribution is -0.150. The molecule has 3 rings (SSSR count). The zero-order chi connectivity index (χ0) is 10.5. The van der Waals surface area contributed by atoms with Gasteiger partial charge in [-0.2, -0.15) is 0 Å². The van der Waals surface area contributed by atoms with Crippen LogP contribution in [0.4, 0.5) is 4.39 Å². The van der Waals surface area contributed by atoms with Gasteiger partial charge in [0.15, 0.2) is 0 Å². The molecule has 1 saturated carbocycles. The normalized spacial score (nSPS) is 33.1. The first-order chi connectivity index (χ1) is 7.23. The number of esters is 1. The highest BCUT2D eigenvalue weighted by Gasteiger charge is 2.63. The van der Waals surface area contributed by atoms with Crippen LogP contribution in [-0.2, 0) is 14.9 Å². The summed E-state index contributed by atoms with van der Waals surface area (Å²) >= 11 is 0. The molecule has 2 nitrogen and oxygen atoms in total. The molecule has 1 saturated heterocycles. The molecule has 1 heterocycles. The average molecular weight is 206 g/mol. The van der Waals surface area contributed by atoms with Crippen LogP contribution in [0.3, 0.4) is 0 Å². The van der Waals surface area contributed by atoms with Crippen LogP contribution in [0.1, 0.15) is 18.4 Å². The van der Waals surface area contributed by atoms with Crippen LogP contribution in [0, 0.1) is 11.7 Å². The van der Waals surface area contributed by atoms with Gasteiger partial charge >= 0.3 is 5.97 Å². The van der Waals surface area contributed by atoms with E-state index >= 15 is 0 Å². The molecule has 0 spiro atoms. The monoisotopic (exact) mass is 206 g/mol. The number of halogens is 1. The van der Waals surface area contributed by atoms with Gasteiger partial charge in [0.25, 0.3) is 0 Å². The number of rotatable bonds is 1.